The van der Waals surface area contributed by atoms with Crippen LogP contribution in [0.25, 0.3) is 5.69 Å². The van der Waals surface area contributed by atoms with E-state index >= 15 is 0 Å². The van der Waals surface area contributed by atoms with Crippen LogP contribution in [0.1, 0.15) is 29.0 Å². The Balaban J connectivity index is 1.69. The van der Waals surface area contributed by atoms with Crippen LogP contribution in [0.3, 0.4) is 0 Å². The Kier molecular flexibility index (Phi) is 5.50. The van der Waals surface area contributed by atoms with Crippen LogP contribution < -0.4 is 10.6 Å². The summed E-state index contributed by atoms with van der Waals surface area (Å²) >= 11 is 0. The number of aryl methyl sites for hydroxylation is 1. The molecule has 0 unspecified atom stereocenters. The van der Waals surface area contributed by atoms with Gasteiger partial charge in [0.25, 0.3) is 5.91 Å². The quantitative estimate of drug-likeness (QED) is 0.842. The van der Waals surface area contributed by atoms with Gasteiger partial charge in [0.15, 0.2) is 5.69 Å². The molecule has 0 bridgehead atoms. The Morgan fingerprint density at radius 2 is 2.04 bits per heavy atom. The fourth-order valence-corrected chi connectivity index (χ4v) is 3.41. The average Bonchev–Trinajstić information content (AvgIpc) is 3.03. The zero-order chi connectivity index (χ0) is 17.7. The molecule has 3 rings (SSSR count). The third kappa shape index (κ3) is 4.08. The Hall–Kier alpha value is -2.18. The lowest BCUT2D eigenvalue weighted by Crippen LogP contribution is -2.47. The maximum Gasteiger partial charge on any atom is 0.271 e. The first kappa shape index (κ1) is 17.6. The van der Waals surface area contributed by atoms with E-state index in [1.807, 2.05) is 43.3 Å². The van der Waals surface area contributed by atoms with Crippen molar-refractivity contribution in [3.63, 3.8) is 0 Å². The van der Waals surface area contributed by atoms with Crippen molar-refractivity contribution in [1.29, 1.82) is 0 Å². The predicted octanol–water partition coefficient (Wildman–Crippen LogP) is 1.93. The monoisotopic (exact) mass is 342 g/mol. The number of rotatable bonds is 6. The highest BCUT2D eigenvalue weighted by molar-refractivity contribution is 5.92. The van der Waals surface area contributed by atoms with E-state index in [-0.39, 0.29) is 11.3 Å². The summed E-state index contributed by atoms with van der Waals surface area (Å²) in [5.41, 5.74) is 2.34. The molecule has 0 spiro atoms. The summed E-state index contributed by atoms with van der Waals surface area (Å²) in [6.45, 7) is 5.14. The van der Waals surface area contributed by atoms with Gasteiger partial charge in [-0.1, -0.05) is 18.2 Å². The number of nitrogens with one attached hydrogen (secondary N) is 2. The van der Waals surface area contributed by atoms with Crippen LogP contribution in [-0.4, -0.2) is 49.0 Å². The van der Waals surface area contributed by atoms with E-state index < -0.39 is 0 Å². The summed E-state index contributed by atoms with van der Waals surface area (Å²) in [5.74, 6) is -0.133. The van der Waals surface area contributed by atoms with Crippen molar-refractivity contribution in [3.05, 3.63) is 47.8 Å². The van der Waals surface area contributed by atoms with Crippen LogP contribution in [0.4, 0.5) is 0 Å². The first-order valence-corrected chi connectivity index (χ1v) is 8.73. The van der Waals surface area contributed by atoms with Gasteiger partial charge in [-0.3, -0.25) is 4.79 Å². The molecule has 6 heteroatoms. The lowest BCUT2D eigenvalue weighted by Gasteiger charge is -2.37. The Morgan fingerprint density at radius 1 is 1.32 bits per heavy atom. The van der Waals surface area contributed by atoms with E-state index in [4.69, 9.17) is 4.74 Å². The summed E-state index contributed by atoms with van der Waals surface area (Å²) in [7, 11) is 1.72. The van der Waals surface area contributed by atoms with Gasteiger partial charge in [0.05, 0.1) is 12.3 Å². The second-order valence-corrected chi connectivity index (χ2v) is 6.78. The molecule has 2 aromatic rings. The van der Waals surface area contributed by atoms with E-state index in [0.29, 0.717) is 18.8 Å². The molecule has 2 heterocycles. The molecular weight excluding hydrogens is 316 g/mol. The molecule has 0 saturated carbocycles. The van der Waals surface area contributed by atoms with E-state index in [2.05, 4.69) is 15.7 Å². The third-order valence-electron chi connectivity index (χ3n) is 4.86. The van der Waals surface area contributed by atoms with Crippen LogP contribution in [-0.2, 0) is 4.74 Å². The van der Waals surface area contributed by atoms with E-state index in [0.717, 1.165) is 37.3 Å². The third-order valence-corrected chi connectivity index (χ3v) is 4.86. The van der Waals surface area contributed by atoms with Gasteiger partial charge in [-0.2, -0.15) is 5.10 Å². The number of amides is 1. The topological polar surface area (TPSA) is 68.2 Å². The van der Waals surface area contributed by atoms with Gasteiger partial charge in [-0.05, 0) is 51.1 Å². The molecule has 1 aromatic carbocycles. The van der Waals surface area contributed by atoms with Gasteiger partial charge in [-0.25, -0.2) is 4.68 Å². The smallest absolute Gasteiger partial charge is 0.271 e. The molecular formula is C19H26N4O2. The first-order valence-electron chi connectivity index (χ1n) is 8.73. The number of carbonyl (C=O) groups excluding carboxylic acids is 1. The Morgan fingerprint density at radius 3 is 2.72 bits per heavy atom. The Bertz CT molecular complexity index is 700. The highest BCUT2D eigenvalue weighted by Crippen LogP contribution is 2.28. The second-order valence-electron chi connectivity index (χ2n) is 6.78. The molecule has 25 heavy (non-hydrogen) atoms. The number of para-hydroxylation sites is 1. The lowest BCUT2D eigenvalue weighted by molar-refractivity contribution is 0.0510. The van der Waals surface area contributed by atoms with E-state index in [1.165, 1.54) is 0 Å². The zero-order valence-electron chi connectivity index (χ0n) is 14.9. The van der Waals surface area contributed by atoms with Crippen LogP contribution in [0.2, 0.25) is 0 Å². The molecule has 1 aromatic heterocycles. The van der Waals surface area contributed by atoms with Crippen LogP contribution >= 0.6 is 0 Å². The summed E-state index contributed by atoms with van der Waals surface area (Å²) in [4.78, 5) is 12.6. The number of carbonyl (C=O) groups is 1. The number of hydrogen-bond donors (Lipinski definition) is 2. The molecule has 1 aliphatic rings. The minimum absolute atomic E-state index is 0.00665. The van der Waals surface area contributed by atoms with E-state index in [9.17, 15) is 4.79 Å². The molecule has 0 atom stereocenters. The molecule has 1 aliphatic heterocycles. The number of aromatic nitrogens is 2. The van der Waals surface area contributed by atoms with Crippen molar-refractivity contribution in [2.45, 2.75) is 19.8 Å². The summed E-state index contributed by atoms with van der Waals surface area (Å²) in [6, 6.07) is 11.7. The van der Waals surface area contributed by atoms with Crippen LogP contribution in [0, 0.1) is 12.3 Å². The molecule has 134 valence electrons. The zero-order valence-corrected chi connectivity index (χ0v) is 14.9. The average molecular weight is 342 g/mol. The van der Waals surface area contributed by atoms with Crippen molar-refractivity contribution in [3.8, 4) is 5.69 Å². The van der Waals surface area contributed by atoms with Gasteiger partial charge < -0.3 is 15.4 Å². The SMILES string of the molecule is COCC1(CNC(=O)c2cc(C)n(-c3ccccc3)n2)CCNCC1. The number of hydrogen-bond acceptors (Lipinski definition) is 4. The highest BCUT2D eigenvalue weighted by Gasteiger charge is 2.32. The standard InChI is InChI=1S/C19H26N4O2/c1-15-12-17(22-23(15)16-6-4-3-5-7-16)18(24)21-13-19(14-25-2)8-10-20-11-9-19/h3-7,12,20H,8-11,13-14H2,1-2H3,(H,21,24). The minimum atomic E-state index is -0.133. The molecule has 2 N–H and O–H groups in total. The normalized spacial score (nSPS) is 16.6. The number of ether oxygens (including phenoxy) is 1. The molecule has 0 aliphatic carbocycles. The molecule has 1 saturated heterocycles. The Labute approximate surface area is 148 Å². The lowest BCUT2D eigenvalue weighted by atomic mass is 9.79. The van der Waals surface area contributed by atoms with Gasteiger partial charge in [-0.15, -0.1) is 0 Å². The van der Waals surface area contributed by atoms with Gasteiger partial charge >= 0.3 is 0 Å². The number of benzene rings is 1. The van der Waals surface area contributed by atoms with Crippen molar-refractivity contribution in [1.82, 2.24) is 20.4 Å². The van der Waals surface area contributed by atoms with Crippen molar-refractivity contribution >= 4 is 5.91 Å². The van der Waals surface area contributed by atoms with Crippen molar-refractivity contribution < 1.29 is 9.53 Å². The molecule has 0 radical (unpaired) electrons. The predicted molar refractivity (Wildman–Crippen MR) is 97.0 cm³/mol. The van der Waals surface area contributed by atoms with E-state index in [1.54, 1.807) is 11.8 Å². The molecule has 1 fully saturated rings. The van der Waals surface area contributed by atoms with Gasteiger partial charge in [0.2, 0.25) is 0 Å². The number of nitrogens with zero attached hydrogens (tertiary/aromatic N) is 2. The summed E-state index contributed by atoms with van der Waals surface area (Å²) < 4.78 is 7.20. The second kappa shape index (κ2) is 7.80. The molecule has 6 nitrogen and oxygen atoms in total. The van der Waals surface area contributed by atoms with Crippen LogP contribution in [0.5, 0.6) is 0 Å². The van der Waals surface area contributed by atoms with Crippen LogP contribution in [0.15, 0.2) is 36.4 Å². The van der Waals surface area contributed by atoms with Gasteiger partial charge in [0, 0.05) is 24.8 Å². The highest BCUT2D eigenvalue weighted by atomic mass is 16.5. The maximum absolute atomic E-state index is 12.6. The largest absolute Gasteiger partial charge is 0.384 e. The summed E-state index contributed by atoms with van der Waals surface area (Å²) in [6.07, 6.45) is 2.00. The number of piperidine rings is 1. The van der Waals surface area contributed by atoms with Crippen molar-refractivity contribution in [2.75, 3.05) is 33.4 Å². The fourth-order valence-electron chi connectivity index (χ4n) is 3.41. The minimum Gasteiger partial charge on any atom is -0.384 e. The maximum atomic E-state index is 12.6. The van der Waals surface area contributed by atoms with Gasteiger partial charge in [0.1, 0.15) is 0 Å². The summed E-state index contributed by atoms with van der Waals surface area (Å²) in [5, 5.41) is 10.9. The molecule has 1 amide bonds. The van der Waals surface area contributed by atoms with Crippen molar-refractivity contribution in [2.24, 2.45) is 5.41 Å². The first-order chi connectivity index (χ1) is 12.1. The number of methoxy groups -OCH3 is 1. The fraction of sp³-hybridized carbons (Fsp3) is 0.474.